The van der Waals surface area contributed by atoms with E-state index >= 15 is 0 Å². The highest BCUT2D eigenvalue weighted by Crippen LogP contribution is 2.15. The molecular weight excluding hydrogens is 294 g/mol. The van der Waals surface area contributed by atoms with E-state index in [1.54, 1.807) is 6.26 Å². The Balaban J connectivity index is 0.000000847. The van der Waals surface area contributed by atoms with Gasteiger partial charge in [-0.15, -0.1) is 0 Å². The predicted molar refractivity (Wildman–Crippen MR) is 91.4 cm³/mol. The zero-order valence-corrected chi connectivity index (χ0v) is 13.7. The number of aromatic nitrogens is 1. The van der Waals surface area contributed by atoms with Crippen LogP contribution in [0.15, 0.2) is 65.3 Å². The van der Waals surface area contributed by atoms with E-state index in [1.807, 2.05) is 56.3 Å². The van der Waals surface area contributed by atoms with E-state index in [4.69, 9.17) is 16.0 Å². The summed E-state index contributed by atoms with van der Waals surface area (Å²) in [6.45, 7) is 4.00. The first-order valence-electron chi connectivity index (χ1n) is 7.51. The molecule has 3 rings (SSSR count). The molecular formula is C19H20ClNO. The summed E-state index contributed by atoms with van der Waals surface area (Å²) in [6, 6.07) is 18.0. The molecule has 0 fully saturated rings. The van der Waals surface area contributed by atoms with Gasteiger partial charge in [0.25, 0.3) is 0 Å². The van der Waals surface area contributed by atoms with Gasteiger partial charge in [-0.25, -0.2) is 4.98 Å². The molecule has 0 saturated heterocycles. The van der Waals surface area contributed by atoms with Crippen LogP contribution >= 0.6 is 11.6 Å². The van der Waals surface area contributed by atoms with Gasteiger partial charge in [0, 0.05) is 17.9 Å². The van der Waals surface area contributed by atoms with Gasteiger partial charge in [0.1, 0.15) is 6.26 Å². The molecule has 0 bridgehead atoms. The molecule has 3 aromatic rings. The number of benzene rings is 2. The molecule has 1 heterocycles. The van der Waals surface area contributed by atoms with E-state index in [1.165, 1.54) is 11.1 Å². The highest BCUT2D eigenvalue weighted by molar-refractivity contribution is 6.30. The minimum atomic E-state index is 0.724. The molecule has 2 aromatic carbocycles. The van der Waals surface area contributed by atoms with E-state index in [0.29, 0.717) is 0 Å². The Labute approximate surface area is 136 Å². The number of nitrogens with zero attached hydrogens (tertiary/aromatic N) is 1. The minimum absolute atomic E-state index is 0.724. The van der Waals surface area contributed by atoms with Crippen LogP contribution in [0.25, 0.3) is 0 Å². The van der Waals surface area contributed by atoms with Crippen LogP contribution in [0.1, 0.15) is 36.6 Å². The second-order valence-electron chi connectivity index (χ2n) is 4.70. The van der Waals surface area contributed by atoms with Crippen LogP contribution in [0.4, 0.5) is 0 Å². The van der Waals surface area contributed by atoms with Crippen LogP contribution in [0.5, 0.6) is 0 Å². The highest BCUT2D eigenvalue weighted by Gasteiger charge is 2.06. The molecule has 2 nitrogen and oxygen atoms in total. The van der Waals surface area contributed by atoms with Crippen LogP contribution < -0.4 is 0 Å². The normalized spacial score (nSPS) is 9.95. The summed E-state index contributed by atoms with van der Waals surface area (Å²) in [7, 11) is 0. The largest absolute Gasteiger partial charge is 0.448 e. The Bertz CT molecular complexity index is 674. The predicted octanol–water partition coefficient (Wildman–Crippen LogP) is 5.54. The fourth-order valence-corrected chi connectivity index (χ4v) is 2.22. The Kier molecular flexibility index (Phi) is 6.23. The zero-order chi connectivity index (χ0) is 15.8. The number of hydrogen-bond donors (Lipinski definition) is 0. The molecule has 0 aliphatic carbocycles. The van der Waals surface area contributed by atoms with Gasteiger partial charge in [-0.05, 0) is 23.3 Å². The van der Waals surface area contributed by atoms with Crippen molar-refractivity contribution in [3.8, 4) is 0 Å². The zero-order valence-electron chi connectivity index (χ0n) is 12.9. The lowest BCUT2D eigenvalue weighted by atomic mass is 10.1. The van der Waals surface area contributed by atoms with E-state index in [-0.39, 0.29) is 0 Å². The number of halogens is 1. The fourth-order valence-electron chi connectivity index (χ4n) is 2.09. The van der Waals surface area contributed by atoms with E-state index in [0.717, 1.165) is 29.4 Å². The summed E-state index contributed by atoms with van der Waals surface area (Å²) in [6.07, 6.45) is 3.21. The van der Waals surface area contributed by atoms with Crippen LogP contribution in [0, 0.1) is 0 Å². The first-order valence-corrected chi connectivity index (χ1v) is 7.89. The van der Waals surface area contributed by atoms with Gasteiger partial charge < -0.3 is 4.42 Å². The monoisotopic (exact) mass is 313 g/mol. The number of oxazole rings is 1. The van der Waals surface area contributed by atoms with Gasteiger partial charge in [0.2, 0.25) is 0 Å². The van der Waals surface area contributed by atoms with Crippen molar-refractivity contribution in [2.75, 3.05) is 0 Å². The van der Waals surface area contributed by atoms with Gasteiger partial charge in [0.05, 0.1) is 5.69 Å². The third kappa shape index (κ3) is 4.74. The van der Waals surface area contributed by atoms with E-state index < -0.39 is 0 Å². The fraction of sp³-hybridized carbons (Fsp3) is 0.211. The Morgan fingerprint density at radius 3 is 2.18 bits per heavy atom. The molecule has 0 amide bonds. The van der Waals surface area contributed by atoms with Crippen molar-refractivity contribution in [3.63, 3.8) is 0 Å². The highest BCUT2D eigenvalue weighted by atomic mass is 35.5. The Hall–Kier alpha value is -2.06. The molecule has 1 aromatic heterocycles. The maximum Gasteiger partial charge on any atom is 0.198 e. The first kappa shape index (κ1) is 16.3. The van der Waals surface area contributed by atoms with Gasteiger partial charge in [-0.3, -0.25) is 0 Å². The molecule has 0 radical (unpaired) electrons. The first-order chi connectivity index (χ1) is 10.8. The van der Waals surface area contributed by atoms with Gasteiger partial charge in [-0.1, -0.05) is 67.9 Å². The van der Waals surface area contributed by atoms with Crippen molar-refractivity contribution in [1.29, 1.82) is 0 Å². The summed E-state index contributed by atoms with van der Waals surface area (Å²) in [4.78, 5) is 4.52. The lowest BCUT2D eigenvalue weighted by molar-refractivity contribution is 0.506. The van der Waals surface area contributed by atoms with Crippen molar-refractivity contribution >= 4 is 11.6 Å². The molecule has 22 heavy (non-hydrogen) atoms. The maximum absolute atomic E-state index is 5.87. The molecule has 0 aliphatic rings. The van der Waals surface area contributed by atoms with Crippen molar-refractivity contribution in [1.82, 2.24) is 4.98 Å². The van der Waals surface area contributed by atoms with Gasteiger partial charge in [-0.2, -0.15) is 0 Å². The van der Waals surface area contributed by atoms with Crippen LogP contribution in [-0.4, -0.2) is 4.98 Å². The lowest BCUT2D eigenvalue weighted by Gasteiger charge is -1.97. The molecule has 3 heteroatoms. The average Bonchev–Trinajstić information content (AvgIpc) is 3.00. The SMILES string of the molecule is CC.Clc1ccc(Cc2coc(Cc3ccccc3)n2)cc1. The standard InChI is InChI=1S/C17H14ClNO.C2H6/c18-15-8-6-14(7-9-15)10-16-12-20-17(19-16)11-13-4-2-1-3-5-13;1-2/h1-9,12H,10-11H2;1-2H3. The number of hydrogen-bond acceptors (Lipinski definition) is 2. The van der Waals surface area contributed by atoms with E-state index in [2.05, 4.69) is 17.1 Å². The Morgan fingerprint density at radius 2 is 1.50 bits per heavy atom. The summed E-state index contributed by atoms with van der Waals surface area (Å²) in [5.74, 6) is 0.750. The number of rotatable bonds is 4. The minimum Gasteiger partial charge on any atom is -0.448 e. The summed E-state index contributed by atoms with van der Waals surface area (Å²) in [5.41, 5.74) is 3.32. The van der Waals surface area contributed by atoms with Crippen molar-refractivity contribution in [2.45, 2.75) is 26.7 Å². The van der Waals surface area contributed by atoms with E-state index in [9.17, 15) is 0 Å². The molecule has 0 unspecified atom stereocenters. The summed E-state index contributed by atoms with van der Waals surface area (Å²) < 4.78 is 5.53. The molecule has 0 saturated carbocycles. The molecule has 0 spiro atoms. The molecule has 0 N–H and O–H groups in total. The second kappa shape index (κ2) is 8.40. The Morgan fingerprint density at radius 1 is 0.864 bits per heavy atom. The molecule has 114 valence electrons. The molecule has 0 atom stereocenters. The second-order valence-corrected chi connectivity index (χ2v) is 5.13. The quantitative estimate of drug-likeness (QED) is 0.632. The van der Waals surface area contributed by atoms with Crippen LogP contribution in [-0.2, 0) is 12.8 Å². The third-order valence-corrected chi connectivity index (χ3v) is 3.35. The molecule has 0 aliphatic heterocycles. The lowest BCUT2D eigenvalue weighted by Crippen LogP contribution is -1.91. The van der Waals surface area contributed by atoms with Crippen LogP contribution in [0.3, 0.4) is 0 Å². The maximum atomic E-state index is 5.87. The van der Waals surface area contributed by atoms with Crippen molar-refractivity contribution < 1.29 is 4.42 Å². The summed E-state index contributed by atoms with van der Waals surface area (Å²) in [5, 5.41) is 0.749. The third-order valence-electron chi connectivity index (χ3n) is 3.10. The van der Waals surface area contributed by atoms with Crippen molar-refractivity contribution in [2.24, 2.45) is 0 Å². The summed E-state index contributed by atoms with van der Waals surface area (Å²) >= 11 is 5.87. The van der Waals surface area contributed by atoms with Gasteiger partial charge >= 0.3 is 0 Å². The van der Waals surface area contributed by atoms with Crippen LogP contribution in [0.2, 0.25) is 5.02 Å². The van der Waals surface area contributed by atoms with Crippen molar-refractivity contribution in [3.05, 3.63) is 88.6 Å². The average molecular weight is 314 g/mol. The topological polar surface area (TPSA) is 26.0 Å². The smallest absolute Gasteiger partial charge is 0.198 e. The van der Waals surface area contributed by atoms with Gasteiger partial charge in [0.15, 0.2) is 5.89 Å².